The topological polar surface area (TPSA) is 63.7 Å². The normalized spacial score (nSPS) is 20.2. The second-order valence-electron chi connectivity index (χ2n) is 5.59. The summed E-state index contributed by atoms with van der Waals surface area (Å²) in [4.78, 5) is 16.8. The van der Waals surface area contributed by atoms with E-state index in [0.717, 1.165) is 0 Å². The molecule has 1 heterocycles. The van der Waals surface area contributed by atoms with Gasteiger partial charge in [0.25, 0.3) is 0 Å². The molecule has 17 heavy (non-hydrogen) atoms. The number of rotatable bonds is 2. The van der Waals surface area contributed by atoms with E-state index in [2.05, 4.69) is 0 Å². The zero-order chi connectivity index (χ0) is 13.3. The standard InChI is InChI=1S/C11H21NO4S/c1-11(2,3)10(13)16-12-7-5-9(6-8-12)17(4,14)15/h9H,5-8H2,1-4H3. The highest BCUT2D eigenvalue weighted by Gasteiger charge is 2.31. The lowest BCUT2D eigenvalue weighted by atomic mass is 9.98. The third-order valence-corrected chi connectivity index (χ3v) is 4.51. The van der Waals surface area contributed by atoms with Gasteiger partial charge in [-0.3, -0.25) is 0 Å². The minimum Gasteiger partial charge on any atom is -0.367 e. The molecule has 0 saturated carbocycles. The van der Waals surface area contributed by atoms with Gasteiger partial charge in [-0.2, -0.15) is 0 Å². The number of nitrogens with zero attached hydrogens (tertiary/aromatic N) is 1. The monoisotopic (exact) mass is 263 g/mol. The van der Waals surface area contributed by atoms with Crippen LogP contribution in [0.1, 0.15) is 33.6 Å². The van der Waals surface area contributed by atoms with Crippen molar-refractivity contribution >= 4 is 15.8 Å². The van der Waals surface area contributed by atoms with Gasteiger partial charge in [0.1, 0.15) is 9.84 Å². The van der Waals surface area contributed by atoms with Crippen LogP contribution in [0.3, 0.4) is 0 Å². The molecule has 0 atom stereocenters. The Hall–Kier alpha value is -0.620. The molecule has 0 spiro atoms. The van der Waals surface area contributed by atoms with Gasteiger partial charge in [0, 0.05) is 19.3 Å². The van der Waals surface area contributed by atoms with Crippen molar-refractivity contribution < 1.29 is 18.0 Å². The predicted molar refractivity (Wildman–Crippen MR) is 65.0 cm³/mol. The molecule has 0 bridgehead atoms. The number of hydrogen-bond donors (Lipinski definition) is 0. The second-order valence-corrected chi connectivity index (χ2v) is 7.91. The minimum absolute atomic E-state index is 0.282. The highest BCUT2D eigenvalue weighted by molar-refractivity contribution is 7.91. The van der Waals surface area contributed by atoms with E-state index >= 15 is 0 Å². The summed E-state index contributed by atoms with van der Waals surface area (Å²) in [6, 6.07) is 0. The number of carbonyl (C=O) groups excluding carboxylic acids is 1. The van der Waals surface area contributed by atoms with Gasteiger partial charge in [-0.15, -0.1) is 5.06 Å². The largest absolute Gasteiger partial charge is 0.367 e. The Bertz CT molecular complexity index is 375. The van der Waals surface area contributed by atoms with Crippen LogP contribution in [0.5, 0.6) is 0 Å². The SMILES string of the molecule is CC(C)(C)C(=O)ON1CCC(S(C)(=O)=O)CC1. The summed E-state index contributed by atoms with van der Waals surface area (Å²) in [5.74, 6) is -0.282. The molecule has 1 fully saturated rings. The highest BCUT2D eigenvalue weighted by Crippen LogP contribution is 2.20. The Morgan fingerprint density at radius 2 is 1.71 bits per heavy atom. The summed E-state index contributed by atoms with van der Waals surface area (Å²) < 4.78 is 22.7. The number of piperidine rings is 1. The van der Waals surface area contributed by atoms with Crippen molar-refractivity contribution in [2.75, 3.05) is 19.3 Å². The predicted octanol–water partition coefficient (Wildman–Crippen LogP) is 1.000. The molecule has 1 rings (SSSR count). The quantitative estimate of drug-likeness (QED) is 0.743. The Balaban J connectivity index is 2.46. The fourth-order valence-electron chi connectivity index (χ4n) is 1.61. The van der Waals surface area contributed by atoms with Gasteiger partial charge >= 0.3 is 5.97 Å². The van der Waals surface area contributed by atoms with E-state index in [-0.39, 0.29) is 11.2 Å². The number of hydrogen-bond acceptors (Lipinski definition) is 5. The first-order chi connectivity index (χ1) is 7.60. The second kappa shape index (κ2) is 4.94. The fourth-order valence-corrected chi connectivity index (χ4v) is 2.67. The zero-order valence-electron chi connectivity index (χ0n) is 10.9. The van der Waals surface area contributed by atoms with Crippen LogP contribution in [-0.4, -0.2) is 44.0 Å². The van der Waals surface area contributed by atoms with Gasteiger partial charge in [-0.05, 0) is 33.6 Å². The Morgan fingerprint density at radius 1 is 1.24 bits per heavy atom. The van der Waals surface area contributed by atoms with Crippen molar-refractivity contribution in [3.8, 4) is 0 Å². The maximum atomic E-state index is 11.6. The third-order valence-electron chi connectivity index (χ3n) is 2.83. The average Bonchev–Trinajstić information content (AvgIpc) is 2.15. The molecule has 0 N–H and O–H groups in total. The summed E-state index contributed by atoms with van der Waals surface area (Å²) in [6.45, 7) is 6.34. The molecule has 1 aliphatic heterocycles. The highest BCUT2D eigenvalue weighted by atomic mass is 32.2. The summed E-state index contributed by atoms with van der Waals surface area (Å²) in [6.07, 6.45) is 2.31. The van der Waals surface area contributed by atoms with Crippen LogP contribution >= 0.6 is 0 Å². The lowest BCUT2D eigenvalue weighted by Crippen LogP contribution is -2.42. The molecule has 1 aliphatic rings. The Morgan fingerprint density at radius 3 is 2.06 bits per heavy atom. The van der Waals surface area contributed by atoms with Crippen LogP contribution < -0.4 is 0 Å². The first-order valence-corrected chi connectivity index (χ1v) is 7.72. The summed E-state index contributed by atoms with van der Waals surface area (Å²) in [5.41, 5.74) is -0.534. The maximum absolute atomic E-state index is 11.6. The lowest BCUT2D eigenvalue weighted by Gasteiger charge is -2.31. The molecule has 0 aromatic rings. The maximum Gasteiger partial charge on any atom is 0.330 e. The van der Waals surface area contributed by atoms with Crippen LogP contribution in [-0.2, 0) is 19.5 Å². The van der Waals surface area contributed by atoms with Crippen LogP contribution in [0.4, 0.5) is 0 Å². The van der Waals surface area contributed by atoms with Gasteiger partial charge in [0.15, 0.2) is 0 Å². The van der Waals surface area contributed by atoms with E-state index in [1.165, 1.54) is 6.26 Å². The van der Waals surface area contributed by atoms with Crippen LogP contribution in [0.15, 0.2) is 0 Å². The Kier molecular flexibility index (Phi) is 4.19. The van der Waals surface area contributed by atoms with Crippen molar-refractivity contribution in [1.82, 2.24) is 5.06 Å². The van der Waals surface area contributed by atoms with Gasteiger partial charge in [0.2, 0.25) is 0 Å². The number of carbonyl (C=O) groups is 1. The van der Waals surface area contributed by atoms with E-state index in [1.807, 2.05) is 0 Å². The van der Waals surface area contributed by atoms with Crippen molar-refractivity contribution in [1.29, 1.82) is 0 Å². The summed E-state index contributed by atoms with van der Waals surface area (Å²) in [7, 11) is -2.97. The van der Waals surface area contributed by atoms with Crippen LogP contribution in [0.25, 0.3) is 0 Å². The molecule has 0 aromatic carbocycles. The van der Waals surface area contributed by atoms with E-state index < -0.39 is 15.3 Å². The fraction of sp³-hybridized carbons (Fsp3) is 0.909. The molecule has 0 aliphatic carbocycles. The first-order valence-electron chi connectivity index (χ1n) is 5.77. The molecular formula is C11H21NO4S. The third kappa shape index (κ3) is 4.27. The van der Waals surface area contributed by atoms with Gasteiger partial charge in [-0.1, -0.05) is 0 Å². The van der Waals surface area contributed by atoms with E-state index in [0.29, 0.717) is 25.9 Å². The molecule has 1 saturated heterocycles. The van der Waals surface area contributed by atoms with Crippen molar-refractivity contribution in [2.24, 2.45) is 5.41 Å². The van der Waals surface area contributed by atoms with Crippen molar-refractivity contribution in [3.05, 3.63) is 0 Å². The molecule has 0 aromatic heterocycles. The first kappa shape index (κ1) is 14.4. The summed E-state index contributed by atoms with van der Waals surface area (Å²) >= 11 is 0. The van der Waals surface area contributed by atoms with Crippen LogP contribution in [0.2, 0.25) is 0 Å². The number of sulfone groups is 1. The molecule has 0 amide bonds. The van der Waals surface area contributed by atoms with Crippen molar-refractivity contribution in [2.45, 2.75) is 38.9 Å². The van der Waals surface area contributed by atoms with E-state index in [4.69, 9.17) is 4.84 Å². The minimum atomic E-state index is -2.97. The van der Waals surface area contributed by atoms with E-state index in [1.54, 1.807) is 25.8 Å². The van der Waals surface area contributed by atoms with Crippen molar-refractivity contribution in [3.63, 3.8) is 0 Å². The molecule has 0 radical (unpaired) electrons. The summed E-state index contributed by atoms with van der Waals surface area (Å²) in [5, 5.41) is 1.27. The molecule has 5 nitrogen and oxygen atoms in total. The molecule has 100 valence electrons. The lowest BCUT2D eigenvalue weighted by molar-refractivity contribution is -0.203. The van der Waals surface area contributed by atoms with Gasteiger partial charge in [-0.25, -0.2) is 13.2 Å². The Labute approximate surface area is 103 Å². The van der Waals surface area contributed by atoms with Gasteiger partial charge < -0.3 is 4.84 Å². The number of hydroxylamine groups is 2. The average molecular weight is 263 g/mol. The molecule has 6 heteroatoms. The molecule has 0 unspecified atom stereocenters. The molecular weight excluding hydrogens is 242 g/mol. The zero-order valence-corrected chi connectivity index (χ0v) is 11.7. The van der Waals surface area contributed by atoms with E-state index in [9.17, 15) is 13.2 Å². The van der Waals surface area contributed by atoms with Gasteiger partial charge in [0.05, 0.1) is 10.7 Å². The van der Waals surface area contributed by atoms with Crippen LogP contribution in [0, 0.1) is 5.41 Å². The smallest absolute Gasteiger partial charge is 0.330 e.